The van der Waals surface area contributed by atoms with Crippen LogP contribution in [0.1, 0.15) is 37.8 Å². The van der Waals surface area contributed by atoms with Gasteiger partial charge in [-0.2, -0.15) is 0 Å². The molecule has 4 heteroatoms. The molecule has 2 rings (SSSR count). The Morgan fingerprint density at radius 2 is 1.80 bits per heavy atom. The van der Waals surface area contributed by atoms with Crippen LogP contribution < -0.4 is 0 Å². The van der Waals surface area contributed by atoms with Crippen LogP contribution in [0.2, 0.25) is 0 Å². The summed E-state index contributed by atoms with van der Waals surface area (Å²) in [4.78, 5) is 16.2. The second-order valence-corrected chi connectivity index (χ2v) is 6.41. The second-order valence-electron chi connectivity index (χ2n) is 5.24. The zero-order valence-electron chi connectivity index (χ0n) is 12.3. The van der Waals surface area contributed by atoms with Gasteiger partial charge in [-0.1, -0.05) is 17.7 Å². The molecule has 20 heavy (non-hydrogen) atoms. The number of carboxylic acids is 1. The summed E-state index contributed by atoms with van der Waals surface area (Å²) in [7, 11) is 0. The van der Waals surface area contributed by atoms with Crippen LogP contribution in [0, 0.1) is 27.7 Å². The highest BCUT2D eigenvalue weighted by Crippen LogP contribution is 2.25. The molecule has 0 aliphatic rings. The lowest BCUT2D eigenvalue weighted by Gasteiger charge is -2.09. The minimum absolute atomic E-state index is 0.0648. The van der Waals surface area contributed by atoms with Gasteiger partial charge in [-0.05, 0) is 44.4 Å². The maximum absolute atomic E-state index is 10.8. The standard InChI is InChI=1S/C16H19NO2S/c1-9-5-10(2)13(11(3)6-9)7-15-17-12(4)14(20-15)8-16(18)19/h5-6H,7-8H2,1-4H3,(H,18,19). The molecule has 0 aliphatic carbocycles. The number of aryl methyl sites for hydroxylation is 4. The number of carboxylic acid groups (broad SMARTS) is 1. The van der Waals surface area contributed by atoms with Gasteiger partial charge in [0.05, 0.1) is 17.1 Å². The molecular weight excluding hydrogens is 270 g/mol. The summed E-state index contributed by atoms with van der Waals surface area (Å²) in [6.07, 6.45) is 0.846. The molecule has 0 bridgehead atoms. The van der Waals surface area contributed by atoms with Crippen LogP contribution in [-0.2, 0) is 17.6 Å². The Kier molecular flexibility index (Phi) is 4.23. The fourth-order valence-electron chi connectivity index (χ4n) is 2.51. The first kappa shape index (κ1) is 14.7. The van der Waals surface area contributed by atoms with E-state index in [1.807, 2.05) is 6.92 Å². The molecular formula is C16H19NO2S. The number of nitrogens with zero attached hydrogens (tertiary/aromatic N) is 1. The number of hydrogen-bond acceptors (Lipinski definition) is 3. The Hall–Kier alpha value is -1.68. The lowest BCUT2D eigenvalue weighted by Crippen LogP contribution is -1.99. The molecule has 0 saturated heterocycles. The molecule has 0 saturated carbocycles. The first-order chi connectivity index (χ1) is 9.36. The van der Waals surface area contributed by atoms with Crippen molar-refractivity contribution in [2.24, 2.45) is 0 Å². The summed E-state index contributed by atoms with van der Waals surface area (Å²) in [6.45, 7) is 8.22. The molecule has 0 unspecified atom stereocenters. The van der Waals surface area contributed by atoms with Gasteiger partial charge in [-0.15, -0.1) is 11.3 Å². The minimum Gasteiger partial charge on any atom is -0.481 e. The number of carbonyl (C=O) groups is 1. The first-order valence-corrected chi connectivity index (χ1v) is 7.42. The summed E-state index contributed by atoms with van der Waals surface area (Å²) in [5, 5.41) is 9.88. The topological polar surface area (TPSA) is 50.2 Å². The Morgan fingerprint density at radius 3 is 2.35 bits per heavy atom. The average Bonchev–Trinajstić information content (AvgIpc) is 2.63. The quantitative estimate of drug-likeness (QED) is 0.935. The van der Waals surface area contributed by atoms with Crippen LogP contribution >= 0.6 is 11.3 Å². The zero-order valence-corrected chi connectivity index (χ0v) is 13.1. The van der Waals surface area contributed by atoms with E-state index in [1.54, 1.807) is 0 Å². The predicted octanol–water partition coefficient (Wildman–Crippen LogP) is 3.59. The summed E-state index contributed by atoms with van der Waals surface area (Å²) in [6, 6.07) is 4.36. The van der Waals surface area contributed by atoms with Gasteiger partial charge in [-0.3, -0.25) is 4.79 Å². The molecule has 2 aromatic rings. The van der Waals surface area contributed by atoms with Crippen LogP contribution in [0.3, 0.4) is 0 Å². The normalized spacial score (nSPS) is 10.8. The predicted molar refractivity (Wildman–Crippen MR) is 81.6 cm³/mol. The molecule has 3 nitrogen and oxygen atoms in total. The highest BCUT2D eigenvalue weighted by molar-refractivity contribution is 7.11. The van der Waals surface area contributed by atoms with Crippen LogP contribution in [0.5, 0.6) is 0 Å². The number of thiazole rings is 1. The van der Waals surface area contributed by atoms with Crippen LogP contribution in [0.4, 0.5) is 0 Å². The fourth-order valence-corrected chi connectivity index (χ4v) is 3.58. The fraction of sp³-hybridized carbons (Fsp3) is 0.375. The van der Waals surface area contributed by atoms with Crippen molar-refractivity contribution >= 4 is 17.3 Å². The van der Waals surface area contributed by atoms with Crippen molar-refractivity contribution in [2.75, 3.05) is 0 Å². The molecule has 1 aromatic heterocycles. The lowest BCUT2D eigenvalue weighted by atomic mass is 9.98. The van der Waals surface area contributed by atoms with E-state index in [-0.39, 0.29) is 6.42 Å². The van der Waals surface area contributed by atoms with Gasteiger partial charge in [0.2, 0.25) is 0 Å². The molecule has 1 N–H and O–H groups in total. The van der Waals surface area contributed by atoms with E-state index in [0.717, 1.165) is 22.0 Å². The Bertz CT molecular complexity index is 635. The summed E-state index contributed by atoms with van der Waals surface area (Å²) < 4.78 is 0. The van der Waals surface area contributed by atoms with Crippen molar-refractivity contribution in [1.29, 1.82) is 0 Å². The molecule has 1 aromatic carbocycles. The number of aromatic nitrogens is 1. The zero-order chi connectivity index (χ0) is 14.9. The molecule has 0 spiro atoms. The van der Waals surface area contributed by atoms with E-state index < -0.39 is 5.97 Å². The van der Waals surface area contributed by atoms with Gasteiger partial charge in [0.15, 0.2) is 0 Å². The van der Waals surface area contributed by atoms with E-state index in [4.69, 9.17) is 5.11 Å². The van der Waals surface area contributed by atoms with Crippen molar-refractivity contribution in [3.8, 4) is 0 Å². The lowest BCUT2D eigenvalue weighted by molar-refractivity contribution is -0.136. The van der Waals surface area contributed by atoms with Crippen molar-refractivity contribution < 1.29 is 9.90 Å². The van der Waals surface area contributed by atoms with Crippen LogP contribution in [0.25, 0.3) is 0 Å². The summed E-state index contributed by atoms with van der Waals surface area (Å²) in [5.41, 5.74) is 5.96. The highest BCUT2D eigenvalue weighted by Gasteiger charge is 2.13. The summed E-state index contributed by atoms with van der Waals surface area (Å²) in [5.74, 6) is -0.800. The van der Waals surface area contributed by atoms with Crippen molar-refractivity contribution in [3.05, 3.63) is 50.0 Å². The number of hydrogen-bond donors (Lipinski definition) is 1. The number of benzene rings is 1. The monoisotopic (exact) mass is 289 g/mol. The van der Waals surface area contributed by atoms with Crippen molar-refractivity contribution in [2.45, 2.75) is 40.5 Å². The van der Waals surface area contributed by atoms with Gasteiger partial charge >= 0.3 is 5.97 Å². The molecule has 0 aliphatic heterocycles. The van der Waals surface area contributed by atoms with E-state index in [9.17, 15) is 4.79 Å². The molecule has 106 valence electrons. The molecule has 0 radical (unpaired) electrons. The molecule has 0 amide bonds. The van der Waals surface area contributed by atoms with Gasteiger partial charge < -0.3 is 5.11 Å². The third-order valence-electron chi connectivity index (χ3n) is 3.42. The van der Waals surface area contributed by atoms with Crippen molar-refractivity contribution in [1.82, 2.24) is 4.98 Å². The molecule has 0 fully saturated rings. The maximum atomic E-state index is 10.8. The van der Waals surface area contributed by atoms with E-state index in [0.29, 0.717) is 0 Å². The highest BCUT2D eigenvalue weighted by atomic mass is 32.1. The SMILES string of the molecule is Cc1cc(C)c(Cc2nc(C)c(CC(=O)O)s2)c(C)c1. The second kappa shape index (κ2) is 5.75. The van der Waals surface area contributed by atoms with E-state index in [1.165, 1.54) is 33.6 Å². The number of aliphatic carboxylic acids is 1. The van der Waals surface area contributed by atoms with Gasteiger partial charge in [-0.25, -0.2) is 4.98 Å². The third-order valence-corrected chi connectivity index (χ3v) is 4.57. The van der Waals surface area contributed by atoms with Gasteiger partial charge in [0.25, 0.3) is 0 Å². The first-order valence-electron chi connectivity index (χ1n) is 6.60. The van der Waals surface area contributed by atoms with Gasteiger partial charge in [0.1, 0.15) is 0 Å². The van der Waals surface area contributed by atoms with Crippen LogP contribution in [0.15, 0.2) is 12.1 Å². The molecule has 1 heterocycles. The third kappa shape index (κ3) is 3.25. The van der Waals surface area contributed by atoms with Gasteiger partial charge in [0, 0.05) is 11.3 Å². The number of rotatable bonds is 4. The van der Waals surface area contributed by atoms with Crippen LogP contribution in [-0.4, -0.2) is 16.1 Å². The van der Waals surface area contributed by atoms with E-state index >= 15 is 0 Å². The molecule has 0 atom stereocenters. The Balaban J connectivity index is 2.29. The van der Waals surface area contributed by atoms with E-state index in [2.05, 4.69) is 37.9 Å². The summed E-state index contributed by atoms with van der Waals surface area (Å²) >= 11 is 1.51. The maximum Gasteiger partial charge on any atom is 0.308 e. The minimum atomic E-state index is -0.800. The van der Waals surface area contributed by atoms with Crippen molar-refractivity contribution in [3.63, 3.8) is 0 Å². The average molecular weight is 289 g/mol. The smallest absolute Gasteiger partial charge is 0.308 e. The Labute approximate surface area is 123 Å². The Morgan fingerprint density at radius 1 is 1.20 bits per heavy atom. The largest absolute Gasteiger partial charge is 0.481 e.